The van der Waals surface area contributed by atoms with Gasteiger partial charge in [0.05, 0.1) is 0 Å². The fourth-order valence-corrected chi connectivity index (χ4v) is 1.66. The largest absolute Gasteiger partial charge is 0.399 e. The first kappa shape index (κ1) is 12.0. The number of hydrogen-bond acceptors (Lipinski definition) is 6. The molecule has 0 aliphatic heterocycles. The topological polar surface area (TPSA) is 90.7 Å². The molecule has 0 spiro atoms. The van der Waals surface area contributed by atoms with Crippen LogP contribution in [0.2, 0.25) is 0 Å². The van der Waals surface area contributed by atoms with Crippen molar-refractivity contribution in [3.8, 4) is 11.5 Å². The van der Waals surface area contributed by atoms with Gasteiger partial charge in [-0.05, 0) is 29.8 Å². The Morgan fingerprint density at radius 2 is 2.10 bits per heavy atom. The Kier molecular flexibility index (Phi) is 3.20. The van der Waals surface area contributed by atoms with Crippen LogP contribution in [0.5, 0.6) is 0 Å². The Balaban J connectivity index is 1.81. The zero-order chi connectivity index (χ0) is 13.8. The highest BCUT2D eigenvalue weighted by Gasteiger charge is 2.06. The van der Waals surface area contributed by atoms with Crippen LogP contribution < -0.4 is 5.73 Å². The van der Waals surface area contributed by atoms with Gasteiger partial charge in [-0.2, -0.15) is 4.98 Å². The summed E-state index contributed by atoms with van der Waals surface area (Å²) in [6.45, 7) is 0. The van der Waals surface area contributed by atoms with Crippen LogP contribution in [-0.4, -0.2) is 20.1 Å². The molecule has 0 aliphatic rings. The van der Waals surface area contributed by atoms with Crippen LogP contribution in [0.15, 0.2) is 47.4 Å². The minimum absolute atomic E-state index is 0.404. The summed E-state index contributed by atoms with van der Waals surface area (Å²) in [5.41, 5.74) is 8.00. The number of nitrogen functional groups attached to an aromatic ring is 1. The molecular formula is C14H11N5O. The van der Waals surface area contributed by atoms with Crippen LogP contribution in [0.4, 0.5) is 5.69 Å². The van der Waals surface area contributed by atoms with E-state index in [1.54, 1.807) is 18.3 Å². The molecule has 3 rings (SSSR count). The monoisotopic (exact) mass is 265 g/mol. The van der Waals surface area contributed by atoms with Gasteiger partial charge >= 0.3 is 0 Å². The van der Waals surface area contributed by atoms with E-state index in [-0.39, 0.29) is 0 Å². The first-order valence-electron chi connectivity index (χ1n) is 5.95. The minimum atomic E-state index is 0.404. The second kappa shape index (κ2) is 5.31. The molecule has 6 nitrogen and oxygen atoms in total. The second-order valence-corrected chi connectivity index (χ2v) is 4.05. The number of nitrogens with zero attached hydrogens (tertiary/aromatic N) is 4. The van der Waals surface area contributed by atoms with Crippen LogP contribution >= 0.6 is 0 Å². The summed E-state index contributed by atoms with van der Waals surface area (Å²) in [4.78, 5) is 12.1. The van der Waals surface area contributed by atoms with Crippen LogP contribution in [0.3, 0.4) is 0 Å². The Morgan fingerprint density at radius 3 is 2.90 bits per heavy atom. The molecule has 0 atom stereocenters. The molecule has 6 heteroatoms. The van der Waals surface area contributed by atoms with Crippen molar-refractivity contribution in [2.75, 3.05) is 5.73 Å². The second-order valence-electron chi connectivity index (χ2n) is 4.05. The lowest BCUT2D eigenvalue weighted by Crippen LogP contribution is -1.85. The van der Waals surface area contributed by atoms with Crippen LogP contribution in [0.25, 0.3) is 23.7 Å². The minimum Gasteiger partial charge on any atom is -0.399 e. The van der Waals surface area contributed by atoms with Gasteiger partial charge in [-0.15, -0.1) is 0 Å². The summed E-state index contributed by atoms with van der Waals surface area (Å²) < 4.78 is 5.13. The molecule has 0 amide bonds. The van der Waals surface area contributed by atoms with Crippen molar-refractivity contribution in [1.29, 1.82) is 0 Å². The zero-order valence-electron chi connectivity index (χ0n) is 10.5. The normalized spacial score (nSPS) is 11.0. The summed E-state index contributed by atoms with van der Waals surface area (Å²) in [7, 11) is 0. The average molecular weight is 265 g/mol. The smallest absolute Gasteiger partial charge is 0.251 e. The molecule has 3 aromatic rings. The average Bonchev–Trinajstić information content (AvgIpc) is 2.95. The summed E-state index contributed by atoms with van der Waals surface area (Å²) in [6, 6.07) is 9.23. The number of nitrogens with two attached hydrogens (primary N) is 1. The van der Waals surface area contributed by atoms with Crippen molar-refractivity contribution in [3.05, 3.63) is 54.3 Å². The molecule has 98 valence electrons. The van der Waals surface area contributed by atoms with E-state index in [0.29, 0.717) is 23.1 Å². The van der Waals surface area contributed by atoms with E-state index in [4.69, 9.17) is 10.3 Å². The van der Waals surface area contributed by atoms with Crippen molar-refractivity contribution in [1.82, 2.24) is 20.1 Å². The highest BCUT2D eigenvalue weighted by atomic mass is 16.5. The lowest BCUT2D eigenvalue weighted by Gasteiger charge is -1.94. The van der Waals surface area contributed by atoms with Gasteiger partial charge in [0.15, 0.2) is 0 Å². The number of rotatable bonds is 3. The highest BCUT2D eigenvalue weighted by Crippen LogP contribution is 2.14. The van der Waals surface area contributed by atoms with Gasteiger partial charge in [0.25, 0.3) is 5.89 Å². The molecule has 2 heterocycles. The third-order valence-corrected chi connectivity index (χ3v) is 2.58. The van der Waals surface area contributed by atoms with Crippen molar-refractivity contribution in [2.24, 2.45) is 0 Å². The van der Waals surface area contributed by atoms with Gasteiger partial charge in [0.1, 0.15) is 12.0 Å². The molecule has 2 aromatic heterocycles. The van der Waals surface area contributed by atoms with E-state index >= 15 is 0 Å². The molecule has 1 aromatic carbocycles. The number of aromatic nitrogens is 4. The fraction of sp³-hybridized carbons (Fsp3) is 0. The third-order valence-electron chi connectivity index (χ3n) is 2.58. The lowest BCUT2D eigenvalue weighted by molar-refractivity contribution is 0.411. The van der Waals surface area contributed by atoms with E-state index in [0.717, 1.165) is 5.56 Å². The molecule has 0 saturated carbocycles. The van der Waals surface area contributed by atoms with Crippen LogP contribution in [-0.2, 0) is 0 Å². The molecule has 0 unspecified atom stereocenters. The van der Waals surface area contributed by atoms with E-state index in [1.165, 1.54) is 6.33 Å². The van der Waals surface area contributed by atoms with Gasteiger partial charge < -0.3 is 10.3 Å². The van der Waals surface area contributed by atoms with E-state index in [9.17, 15) is 0 Å². The Hall–Kier alpha value is -3.02. The van der Waals surface area contributed by atoms with Gasteiger partial charge in [-0.1, -0.05) is 17.3 Å². The Labute approximate surface area is 115 Å². The standard InChI is InChI=1S/C14H11N5O/c15-11-3-1-2-10(8-11)4-5-13-18-14(19-20-13)12-6-7-16-9-17-12/h1-9H,15H2/b5-4+. The van der Waals surface area contributed by atoms with Crippen molar-refractivity contribution < 1.29 is 4.52 Å². The van der Waals surface area contributed by atoms with Crippen molar-refractivity contribution in [2.45, 2.75) is 0 Å². The van der Waals surface area contributed by atoms with Crippen LogP contribution in [0, 0.1) is 0 Å². The molecular weight excluding hydrogens is 254 g/mol. The molecule has 0 saturated heterocycles. The number of hydrogen-bond donors (Lipinski definition) is 1. The Bertz CT molecular complexity index is 736. The van der Waals surface area contributed by atoms with E-state index in [1.807, 2.05) is 30.3 Å². The zero-order valence-corrected chi connectivity index (χ0v) is 10.5. The Morgan fingerprint density at radius 1 is 1.15 bits per heavy atom. The van der Waals surface area contributed by atoms with Gasteiger partial charge in [-0.3, -0.25) is 0 Å². The summed E-state index contributed by atoms with van der Waals surface area (Å²) >= 11 is 0. The maximum absolute atomic E-state index is 5.71. The SMILES string of the molecule is Nc1cccc(/C=C/c2nc(-c3ccncn3)no2)c1. The van der Waals surface area contributed by atoms with Crippen LogP contribution in [0.1, 0.15) is 11.5 Å². The molecule has 0 radical (unpaired) electrons. The van der Waals surface area contributed by atoms with Crippen molar-refractivity contribution in [3.63, 3.8) is 0 Å². The maximum Gasteiger partial charge on any atom is 0.251 e. The summed E-state index contributed by atoms with van der Waals surface area (Å²) in [6.07, 6.45) is 6.65. The molecule has 2 N–H and O–H groups in total. The predicted octanol–water partition coefficient (Wildman–Crippen LogP) is 2.28. The molecule has 0 bridgehead atoms. The van der Waals surface area contributed by atoms with Gasteiger partial charge in [0.2, 0.25) is 5.82 Å². The third kappa shape index (κ3) is 2.69. The molecule has 0 fully saturated rings. The number of anilines is 1. The first-order chi connectivity index (χ1) is 9.81. The predicted molar refractivity (Wildman–Crippen MR) is 75.1 cm³/mol. The van der Waals surface area contributed by atoms with Gasteiger partial charge in [-0.25, -0.2) is 9.97 Å². The molecule has 0 aliphatic carbocycles. The van der Waals surface area contributed by atoms with E-state index in [2.05, 4.69) is 20.1 Å². The quantitative estimate of drug-likeness (QED) is 0.730. The van der Waals surface area contributed by atoms with E-state index < -0.39 is 0 Å². The summed E-state index contributed by atoms with van der Waals surface area (Å²) in [5.74, 6) is 0.834. The first-order valence-corrected chi connectivity index (χ1v) is 5.95. The maximum atomic E-state index is 5.71. The van der Waals surface area contributed by atoms with Crippen molar-refractivity contribution >= 4 is 17.8 Å². The molecule has 20 heavy (non-hydrogen) atoms. The number of benzene rings is 1. The fourth-order valence-electron chi connectivity index (χ4n) is 1.66. The lowest BCUT2D eigenvalue weighted by atomic mass is 10.2. The van der Waals surface area contributed by atoms with Gasteiger partial charge in [0, 0.05) is 18.0 Å². The highest BCUT2D eigenvalue weighted by molar-refractivity contribution is 5.68. The summed E-state index contributed by atoms with van der Waals surface area (Å²) in [5, 5.41) is 3.86.